The standard InChI is InChI=1S/C11H17N3O/c12-11(15)10-2-1-5-14(8-10)7-9-3-4-13-6-9/h1-2,5,9,13H,3-4,6-8H2,(H2,12,15)/t9-/m0/s1. The Hall–Kier alpha value is -1.29. The van der Waals surface area contributed by atoms with Crippen molar-refractivity contribution in [3.8, 4) is 0 Å². The van der Waals surface area contributed by atoms with E-state index < -0.39 is 0 Å². The SMILES string of the molecule is NC(=O)C1=CC=CN(C[C@H]2CCNC2)C1. The third-order valence-electron chi connectivity index (χ3n) is 2.94. The predicted octanol–water partition coefficient (Wildman–Crippen LogP) is -0.163. The third-order valence-corrected chi connectivity index (χ3v) is 2.94. The lowest BCUT2D eigenvalue weighted by molar-refractivity contribution is -0.114. The van der Waals surface area contributed by atoms with E-state index in [1.807, 2.05) is 12.3 Å². The smallest absolute Gasteiger partial charge is 0.246 e. The molecule has 0 saturated carbocycles. The summed E-state index contributed by atoms with van der Waals surface area (Å²) >= 11 is 0. The molecule has 0 aromatic rings. The highest BCUT2D eigenvalue weighted by atomic mass is 16.1. The van der Waals surface area contributed by atoms with Gasteiger partial charge in [-0.15, -0.1) is 0 Å². The number of nitrogens with two attached hydrogens (primary N) is 1. The third kappa shape index (κ3) is 2.59. The lowest BCUT2D eigenvalue weighted by Crippen LogP contribution is -2.32. The van der Waals surface area contributed by atoms with Crippen LogP contribution in [0.5, 0.6) is 0 Å². The van der Waals surface area contributed by atoms with Crippen molar-refractivity contribution in [1.29, 1.82) is 0 Å². The summed E-state index contributed by atoms with van der Waals surface area (Å²) in [7, 11) is 0. The Balaban J connectivity index is 1.88. The molecular formula is C11H17N3O. The zero-order valence-corrected chi connectivity index (χ0v) is 8.78. The highest BCUT2D eigenvalue weighted by Gasteiger charge is 2.19. The summed E-state index contributed by atoms with van der Waals surface area (Å²) in [6.07, 6.45) is 6.95. The zero-order valence-electron chi connectivity index (χ0n) is 8.78. The maximum Gasteiger partial charge on any atom is 0.246 e. The maximum absolute atomic E-state index is 11.0. The van der Waals surface area contributed by atoms with Crippen LogP contribution in [0.1, 0.15) is 6.42 Å². The van der Waals surface area contributed by atoms with Crippen LogP contribution in [0.4, 0.5) is 0 Å². The molecule has 0 unspecified atom stereocenters. The molecule has 1 atom stereocenters. The van der Waals surface area contributed by atoms with Crippen molar-refractivity contribution >= 4 is 5.91 Å². The van der Waals surface area contributed by atoms with E-state index >= 15 is 0 Å². The number of nitrogens with zero attached hydrogens (tertiary/aromatic N) is 1. The molecule has 1 fully saturated rings. The molecule has 0 aromatic carbocycles. The van der Waals surface area contributed by atoms with Gasteiger partial charge in [-0.3, -0.25) is 4.79 Å². The van der Waals surface area contributed by atoms with Crippen LogP contribution in [-0.4, -0.2) is 37.0 Å². The molecule has 4 heteroatoms. The number of allylic oxidation sites excluding steroid dienone is 2. The molecule has 0 radical (unpaired) electrons. The van der Waals surface area contributed by atoms with E-state index in [-0.39, 0.29) is 5.91 Å². The van der Waals surface area contributed by atoms with E-state index in [2.05, 4.69) is 10.2 Å². The van der Waals surface area contributed by atoms with Gasteiger partial charge < -0.3 is 16.0 Å². The molecule has 2 aliphatic heterocycles. The van der Waals surface area contributed by atoms with E-state index in [0.717, 1.165) is 19.6 Å². The van der Waals surface area contributed by atoms with Crippen LogP contribution in [0.2, 0.25) is 0 Å². The summed E-state index contributed by atoms with van der Waals surface area (Å²) in [5.41, 5.74) is 5.96. The molecule has 2 rings (SSSR count). The molecule has 0 aromatic heterocycles. The van der Waals surface area contributed by atoms with Crippen molar-refractivity contribution in [3.05, 3.63) is 23.9 Å². The van der Waals surface area contributed by atoms with Gasteiger partial charge in [0.2, 0.25) is 5.91 Å². The number of hydrogen-bond acceptors (Lipinski definition) is 3. The van der Waals surface area contributed by atoms with Gasteiger partial charge in [-0.2, -0.15) is 0 Å². The number of nitrogens with one attached hydrogen (secondary N) is 1. The van der Waals surface area contributed by atoms with Crippen molar-refractivity contribution in [2.75, 3.05) is 26.2 Å². The van der Waals surface area contributed by atoms with Gasteiger partial charge in [0.15, 0.2) is 0 Å². The Morgan fingerprint density at radius 3 is 3.20 bits per heavy atom. The van der Waals surface area contributed by atoms with Gasteiger partial charge in [0.1, 0.15) is 0 Å². The van der Waals surface area contributed by atoms with E-state index in [0.29, 0.717) is 18.0 Å². The molecule has 2 aliphatic rings. The highest BCUT2D eigenvalue weighted by molar-refractivity contribution is 5.92. The average molecular weight is 207 g/mol. The first-order chi connectivity index (χ1) is 7.25. The molecule has 15 heavy (non-hydrogen) atoms. The Kier molecular flexibility index (Phi) is 3.06. The topological polar surface area (TPSA) is 58.4 Å². The first-order valence-electron chi connectivity index (χ1n) is 5.37. The van der Waals surface area contributed by atoms with Crippen LogP contribution < -0.4 is 11.1 Å². The minimum absolute atomic E-state index is 0.311. The summed E-state index contributed by atoms with van der Waals surface area (Å²) < 4.78 is 0. The molecular weight excluding hydrogens is 190 g/mol. The molecule has 3 N–H and O–H groups in total. The van der Waals surface area contributed by atoms with Crippen LogP contribution in [-0.2, 0) is 4.79 Å². The summed E-state index contributed by atoms with van der Waals surface area (Å²) in [5.74, 6) is 0.385. The lowest BCUT2D eigenvalue weighted by Gasteiger charge is -2.26. The fraction of sp³-hybridized carbons (Fsp3) is 0.545. The van der Waals surface area contributed by atoms with Crippen molar-refractivity contribution < 1.29 is 4.79 Å². The summed E-state index contributed by atoms with van der Waals surface area (Å²) in [4.78, 5) is 13.2. The minimum atomic E-state index is -0.311. The number of hydrogen-bond donors (Lipinski definition) is 2. The van der Waals surface area contributed by atoms with Gasteiger partial charge in [0, 0.05) is 18.7 Å². The Morgan fingerprint density at radius 2 is 2.53 bits per heavy atom. The largest absolute Gasteiger partial charge is 0.373 e. The Bertz CT molecular complexity index is 303. The summed E-state index contributed by atoms with van der Waals surface area (Å²) in [5, 5.41) is 3.34. The van der Waals surface area contributed by atoms with Crippen LogP contribution in [0.15, 0.2) is 23.9 Å². The number of carbonyl (C=O) groups excluding carboxylic acids is 1. The molecule has 0 bridgehead atoms. The first kappa shape index (κ1) is 10.2. The molecule has 1 amide bonds. The zero-order chi connectivity index (χ0) is 10.7. The average Bonchev–Trinajstić information content (AvgIpc) is 2.71. The van der Waals surface area contributed by atoms with E-state index in [9.17, 15) is 4.79 Å². The number of primary amides is 1. The monoisotopic (exact) mass is 207 g/mol. The quantitative estimate of drug-likeness (QED) is 0.676. The molecule has 1 saturated heterocycles. The normalized spacial score (nSPS) is 25.5. The maximum atomic E-state index is 11.0. The van der Waals surface area contributed by atoms with Gasteiger partial charge in [0.25, 0.3) is 0 Å². The molecule has 4 nitrogen and oxygen atoms in total. The molecule has 82 valence electrons. The van der Waals surface area contributed by atoms with Crippen LogP contribution in [0.3, 0.4) is 0 Å². The Labute approximate surface area is 89.8 Å². The Morgan fingerprint density at radius 1 is 1.67 bits per heavy atom. The fourth-order valence-corrected chi connectivity index (χ4v) is 2.09. The van der Waals surface area contributed by atoms with Crippen molar-refractivity contribution in [3.63, 3.8) is 0 Å². The van der Waals surface area contributed by atoms with E-state index in [1.165, 1.54) is 6.42 Å². The van der Waals surface area contributed by atoms with Gasteiger partial charge >= 0.3 is 0 Å². The fourth-order valence-electron chi connectivity index (χ4n) is 2.09. The van der Waals surface area contributed by atoms with Crippen LogP contribution >= 0.6 is 0 Å². The van der Waals surface area contributed by atoms with Gasteiger partial charge in [0.05, 0.1) is 0 Å². The second-order valence-corrected chi connectivity index (χ2v) is 4.19. The van der Waals surface area contributed by atoms with Crippen molar-refractivity contribution in [1.82, 2.24) is 10.2 Å². The lowest BCUT2D eigenvalue weighted by atomic mass is 10.1. The van der Waals surface area contributed by atoms with E-state index in [4.69, 9.17) is 5.73 Å². The van der Waals surface area contributed by atoms with Gasteiger partial charge in [-0.05, 0) is 37.7 Å². The van der Waals surface area contributed by atoms with Crippen LogP contribution in [0.25, 0.3) is 0 Å². The number of rotatable bonds is 3. The summed E-state index contributed by atoms with van der Waals surface area (Å²) in [6.45, 7) is 3.86. The van der Waals surface area contributed by atoms with Crippen LogP contribution in [0, 0.1) is 5.92 Å². The summed E-state index contributed by atoms with van der Waals surface area (Å²) in [6, 6.07) is 0. The first-order valence-corrected chi connectivity index (χ1v) is 5.37. The van der Waals surface area contributed by atoms with Crippen molar-refractivity contribution in [2.45, 2.75) is 6.42 Å². The number of amides is 1. The molecule has 0 aliphatic carbocycles. The predicted molar refractivity (Wildman–Crippen MR) is 59.0 cm³/mol. The van der Waals surface area contributed by atoms with Gasteiger partial charge in [-0.1, -0.05) is 6.08 Å². The number of carbonyl (C=O) groups is 1. The molecule has 2 heterocycles. The van der Waals surface area contributed by atoms with Gasteiger partial charge in [-0.25, -0.2) is 0 Å². The van der Waals surface area contributed by atoms with E-state index in [1.54, 1.807) is 6.08 Å². The molecule has 0 spiro atoms. The van der Waals surface area contributed by atoms with Crippen molar-refractivity contribution in [2.24, 2.45) is 11.7 Å². The highest BCUT2D eigenvalue weighted by Crippen LogP contribution is 2.13. The second kappa shape index (κ2) is 4.49. The minimum Gasteiger partial charge on any atom is -0.373 e. The second-order valence-electron chi connectivity index (χ2n) is 4.19.